The van der Waals surface area contributed by atoms with Crippen LogP contribution in [-0.2, 0) is 0 Å². The van der Waals surface area contributed by atoms with E-state index in [1.54, 1.807) is 6.20 Å². The van der Waals surface area contributed by atoms with Crippen molar-refractivity contribution in [2.75, 3.05) is 0 Å². The normalized spacial score (nSPS) is 11.8. The van der Waals surface area contributed by atoms with Gasteiger partial charge in [-0.3, -0.25) is 0 Å². The molecule has 0 atom stereocenters. The fourth-order valence-corrected chi connectivity index (χ4v) is 0.635. The molecule has 0 fully saturated rings. The van der Waals surface area contributed by atoms with Gasteiger partial charge < -0.3 is 5.73 Å². The van der Waals surface area contributed by atoms with Gasteiger partial charge in [-0.2, -0.15) is 0 Å². The van der Waals surface area contributed by atoms with E-state index in [1.807, 2.05) is 39.0 Å². The van der Waals surface area contributed by atoms with Crippen LogP contribution in [0.25, 0.3) is 0 Å². The van der Waals surface area contributed by atoms with Crippen LogP contribution in [0.1, 0.15) is 34.1 Å². The van der Waals surface area contributed by atoms with Gasteiger partial charge >= 0.3 is 0 Å². The largest absolute Gasteiger partial charge is 0.405 e. The zero-order valence-electron chi connectivity index (χ0n) is 8.67. The standard InChI is InChI=1S/C9H15N.C2H6/c1-3-5-6-9(4-2)7-8-10;1-2/h3,5-8H,4,10H2,1-2H3;1-2H3/b5-3-,8-7-,9-6-;. The molecular formula is C11H21N. The molecule has 0 aliphatic rings. The van der Waals surface area contributed by atoms with Crippen LogP contribution in [0.5, 0.6) is 0 Å². The van der Waals surface area contributed by atoms with Crippen LogP contribution >= 0.6 is 0 Å². The molecule has 0 bridgehead atoms. The van der Waals surface area contributed by atoms with Crippen LogP contribution in [0.3, 0.4) is 0 Å². The fraction of sp³-hybridized carbons (Fsp3) is 0.455. The Balaban J connectivity index is 0. The Kier molecular flexibility index (Phi) is 14.4. The lowest BCUT2D eigenvalue weighted by molar-refractivity contribution is 1.15. The van der Waals surface area contributed by atoms with E-state index in [-0.39, 0.29) is 0 Å². The molecular weight excluding hydrogens is 146 g/mol. The van der Waals surface area contributed by atoms with Crippen molar-refractivity contribution in [3.05, 3.63) is 36.1 Å². The van der Waals surface area contributed by atoms with E-state index in [0.29, 0.717) is 0 Å². The van der Waals surface area contributed by atoms with E-state index >= 15 is 0 Å². The molecule has 0 aromatic rings. The van der Waals surface area contributed by atoms with E-state index in [9.17, 15) is 0 Å². The van der Waals surface area contributed by atoms with Crippen LogP contribution in [0.4, 0.5) is 0 Å². The quantitative estimate of drug-likeness (QED) is 0.640. The van der Waals surface area contributed by atoms with Gasteiger partial charge in [0.1, 0.15) is 0 Å². The molecule has 0 amide bonds. The predicted octanol–water partition coefficient (Wildman–Crippen LogP) is 3.40. The molecule has 0 saturated heterocycles. The zero-order chi connectivity index (χ0) is 9.82. The number of rotatable bonds is 3. The highest BCUT2D eigenvalue weighted by Crippen LogP contribution is 2.01. The summed E-state index contributed by atoms with van der Waals surface area (Å²) in [5, 5.41) is 0. The van der Waals surface area contributed by atoms with Gasteiger partial charge in [-0.1, -0.05) is 39.0 Å². The van der Waals surface area contributed by atoms with E-state index in [4.69, 9.17) is 5.73 Å². The van der Waals surface area contributed by atoms with Crippen molar-refractivity contribution in [2.24, 2.45) is 5.73 Å². The van der Waals surface area contributed by atoms with E-state index in [0.717, 1.165) is 6.42 Å². The van der Waals surface area contributed by atoms with Gasteiger partial charge in [0.2, 0.25) is 0 Å². The molecule has 0 radical (unpaired) electrons. The third-order valence-electron chi connectivity index (χ3n) is 1.22. The number of hydrogen-bond acceptors (Lipinski definition) is 1. The minimum Gasteiger partial charge on any atom is -0.405 e. The highest BCUT2D eigenvalue weighted by Gasteiger charge is 1.81. The Morgan fingerprint density at radius 3 is 2.25 bits per heavy atom. The highest BCUT2D eigenvalue weighted by atomic mass is 14.5. The maximum atomic E-state index is 5.23. The van der Waals surface area contributed by atoms with Crippen molar-refractivity contribution >= 4 is 0 Å². The maximum Gasteiger partial charge on any atom is -0.00596 e. The molecule has 0 aromatic heterocycles. The summed E-state index contributed by atoms with van der Waals surface area (Å²) in [6.45, 7) is 8.10. The van der Waals surface area contributed by atoms with Gasteiger partial charge in [0, 0.05) is 0 Å². The van der Waals surface area contributed by atoms with Crippen molar-refractivity contribution in [2.45, 2.75) is 34.1 Å². The van der Waals surface area contributed by atoms with Gasteiger partial charge in [-0.05, 0) is 31.2 Å². The van der Waals surface area contributed by atoms with Crippen molar-refractivity contribution in [1.29, 1.82) is 0 Å². The first kappa shape index (κ1) is 13.6. The van der Waals surface area contributed by atoms with Crippen LogP contribution in [-0.4, -0.2) is 0 Å². The fourth-order valence-electron chi connectivity index (χ4n) is 0.635. The highest BCUT2D eigenvalue weighted by molar-refractivity contribution is 5.22. The summed E-state index contributed by atoms with van der Waals surface area (Å²) in [5.41, 5.74) is 6.48. The molecule has 0 aliphatic heterocycles. The van der Waals surface area contributed by atoms with Crippen molar-refractivity contribution in [3.63, 3.8) is 0 Å². The molecule has 1 nitrogen and oxygen atoms in total. The Labute approximate surface area is 76.7 Å². The molecule has 0 heterocycles. The van der Waals surface area contributed by atoms with Crippen molar-refractivity contribution < 1.29 is 0 Å². The van der Waals surface area contributed by atoms with Crippen LogP contribution in [0.2, 0.25) is 0 Å². The molecule has 70 valence electrons. The van der Waals surface area contributed by atoms with Gasteiger partial charge in [-0.15, -0.1) is 0 Å². The SMILES string of the molecule is CC.C\C=C/C=C(\C=C/N)CC. The van der Waals surface area contributed by atoms with Gasteiger partial charge in [-0.25, -0.2) is 0 Å². The van der Waals surface area contributed by atoms with Gasteiger partial charge in [0.15, 0.2) is 0 Å². The van der Waals surface area contributed by atoms with Crippen LogP contribution in [0, 0.1) is 0 Å². The summed E-state index contributed by atoms with van der Waals surface area (Å²) >= 11 is 0. The Hall–Kier alpha value is -0.980. The second-order valence-electron chi connectivity index (χ2n) is 1.98. The lowest BCUT2D eigenvalue weighted by atomic mass is 10.2. The summed E-state index contributed by atoms with van der Waals surface area (Å²) in [5.74, 6) is 0. The first-order valence-electron chi connectivity index (χ1n) is 4.55. The first-order chi connectivity index (χ1) is 5.85. The summed E-state index contributed by atoms with van der Waals surface area (Å²) in [4.78, 5) is 0. The smallest absolute Gasteiger partial charge is 0.00596 e. The molecule has 12 heavy (non-hydrogen) atoms. The van der Waals surface area contributed by atoms with Gasteiger partial charge in [0.25, 0.3) is 0 Å². The molecule has 0 rings (SSSR count). The second-order valence-corrected chi connectivity index (χ2v) is 1.98. The predicted molar refractivity (Wildman–Crippen MR) is 57.9 cm³/mol. The van der Waals surface area contributed by atoms with Crippen LogP contribution < -0.4 is 5.73 Å². The maximum absolute atomic E-state index is 5.23. The molecule has 0 aromatic carbocycles. The molecule has 0 aliphatic carbocycles. The average molecular weight is 167 g/mol. The third-order valence-corrected chi connectivity index (χ3v) is 1.22. The first-order valence-corrected chi connectivity index (χ1v) is 4.55. The molecule has 0 spiro atoms. The molecule has 0 unspecified atom stereocenters. The Morgan fingerprint density at radius 2 is 1.92 bits per heavy atom. The Morgan fingerprint density at radius 1 is 1.33 bits per heavy atom. The van der Waals surface area contributed by atoms with E-state index in [2.05, 4.69) is 13.0 Å². The molecule has 0 saturated carbocycles. The zero-order valence-corrected chi connectivity index (χ0v) is 8.67. The lowest BCUT2D eigenvalue weighted by Crippen LogP contribution is -1.79. The molecule has 1 heteroatoms. The number of allylic oxidation sites excluding steroid dienone is 5. The summed E-state index contributed by atoms with van der Waals surface area (Å²) < 4.78 is 0. The molecule has 2 N–H and O–H groups in total. The van der Waals surface area contributed by atoms with Crippen LogP contribution in [0.15, 0.2) is 36.1 Å². The third kappa shape index (κ3) is 9.02. The Bertz CT molecular complexity index is 152. The van der Waals surface area contributed by atoms with Crippen molar-refractivity contribution in [3.8, 4) is 0 Å². The summed E-state index contributed by atoms with van der Waals surface area (Å²) in [7, 11) is 0. The topological polar surface area (TPSA) is 26.0 Å². The van der Waals surface area contributed by atoms with Gasteiger partial charge in [0.05, 0.1) is 0 Å². The average Bonchev–Trinajstić information content (AvgIpc) is 2.15. The minimum atomic E-state index is 1.03. The second kappa shape index (κ2) is 12.7. The summed E-state index contributed by atoms with van der Waals surface area (Å²) in [6, 6.07) is 0. The minimum absolute atomic E-state index is 1.03. The number of nitrogens with two attached hydrogens (primary N) is 1. The number of hydrogen-bond donors (Lipinski definition) is 1. The monoisotopic (exact) mass is 167 g/mol. The van der Waals surface area contributed by atoms with Crippen molar-refractivity contribution in [1.82, 2.24) is 0 Å². The lowest BCUT2D eigenvalue weighted by Gasteiger charge is -1.91. The van der Waals surface area contributed by atoms with E-state index in [1.165, 1.54) is 5.57 Å². The summed E-state index contributed by atoms with van der Waals surface area (Å²) in [6.07, 6.45) is 10.6. The van der Waals surface area contributed by atoms with E-state index < -0.39 is 0 Å².